The number of aromatic nitrogens is 1. The van der Waals surface area contributed by atoms with E-state index < -0.39 is 0 Å². The van der Waals surface area contributed by atoms with Crippen LogP contribution < -0.4 is 5.32 Å². The third kappa shape index (κ3) is 4.46. The second kappa shape index (κ2) is 7.43. The van der Waals surface area contributed by atoms with E-state index in [9.17, 15) is 4.79 Å². The summed E-state index contributed by atoms with van der Waals surface area (Å²) in [6, 6.07) is 0. The standard InChI is InChI=1S/C13H22N2OS/c1-4-6-7-11(5-2)8-14-13(16)12-10(3)15-9-17-12/h9,11H,4-8H2,1-3H3,(H,14,16)/t11-/m0/s1. The van der Waals surface area contributed by atoms with Gasteiger partial charge in [-0.05, 0) is 19.3 Å². The number of carbonyl (C=O) groups excluding carboxylic acids is 1. The van der Waals surface area contributed by atoms with E-state index >= 15 is 0 Å². The maximum atomic E-state index is 11.9. The molecular weight excluding hydrogens is 232 g/mol. The first-order chi connectivity index (χ1) is 8.19. The quantitative estimate of drug-likeness (QED) is 0.810. The number of hydrogen-bond donors (Lipinski definition) is 1. The maximum Gasteiger partial charge on any atom is 0.263 e. The molecule has 0 saturated heterocycles. The van der Waals surface area contributed by atoms with Crippen LogP contribution in [-0.4, -0.2) is 17.4 Å². The Morgan fingerprint density at radius 1 is 1.53 bits per heavy atom. The highest BCUT2D eigenvalue weighted by molar-refractivity contribution is 7.11. The highest BCUT2D eigenvalue weighted by atomic mass is 32.1. The Kier molecular flexibility index (Phi) is 6.19. The molecule has 0 bridgehead atoms. The second-order valence-corrected chi connectivity index (χ2v) is 5.25. The van der Waals surface area contributed by atoms with Gasteiger partial charge in [0.2, 0.25) is 0 Å². The predicted octanol–water partition coefficient (Wildman–Crippen LogP) is 3.40. The largest absolute Gasteiger partial charge is 0.351 e. The Hall–Kier alpha value is -0.900. The fourth-order valence-corrected chi connectivity index (χ4v) is 2.50. The van der Waals surface area contributed by atoms with Gasteiger partial charge in [0.15, 0.2) is 0 Å². The van der Waals surface area contributed by atoms with Crippen molar-refractivity contribution in [2.75, 3.05) is 6.54 Å². The van der Waals surface area contributed by atoms with Crippen molar-refractivity contribution in [3.05, 3.63) is 16.1 Å². The summed E-state index contributed by atoms with van der Waals surface area (Å²) in [5, 5.41) is 3.02. The summed E-state index contributed by atoms with van der Waals surface area (Å²) in [6.45, 7) is 7.04. The van der Waals surface area contributed by atoms with Gasteiger partial charge in [0.1, 0.15) is 4.88 Å². The number of hydrogen-bond acceptors (Lipinski definition) is 3. The van der Waals surface area contributed by atoms with E-state index in [-0.39, 0.29) is 5.91 Å². The number of rotatable bonds is 7. The maximum absolute atomic E-state index is 11.9. The van der Waals surface area contributed by atoms with E-state index in [1.54, 1.807) is 5.51 Å². The van der Waals surface area contributed by atoms with Crippen LogP contribution in [0.15, 0.2) is 5.51 Å². The SMILES string of the molecule is CCCC[C@H](CC)CNC(=O)c1scnc1C. The van der Waals surface area contributed by atoms with Gasteiger partial charge in [0.05, 0.1) is 11.2 Å². The fraction of sp³-hybridized carbons (Fsp3) is 0.692. The lowest BCUT2D eigenvalue weighted by Gasteiger charge is -2.14. The van der Waals surface area contributed by atoms with Crippen LogP contribution in [0.4, 0.5) is 0 Å². The molecule has 1 rings (SSSR count). The van der Waals surface area contributed by atoms with Crippen molar-refractivity contribution >= 4 is 17.2 Å². The highest BCUT2D eigenvalue weighted by Crippen LogP contribution is 2.14. The molecule has 1 heterocycles. The van der Waals surface area contributed by atoms with E-state index in [1.807, 2.05) is 6.92 Å². The van der Waals surface area contributed by atoms with Gasteiger partial charge in [-0.1, -0.05) is 33.1 Å². The number of aryl methyl sites for hydroxylation is 1. The Labute approximate surface area is 108 Å². The van der Waals surface area contributed by atoms with Gasteiger partial charge >= 0.3 is 0 Å². The summed E-state index contributed by atoms with van der Waals surface area (Å²) in [5.41, 5.74) is 2.55. The minimum absolute atomic E-state index is 0.0277. The van der Waals surface area contributed by atoms with Crippen LogP contribution in [0.1, 0.15) is 54.9 Å². The Morgan fingerprint density at radius 3 is 2.82 bits per heavy atom. The number of thiazole rings is 1. The first-order valence-corrected chi connectivity index (χ1v) is 7.25. The molecule has 0 unspecified atom stereocenters. The van der Waals surface area contributed by atoms with Gasteiger partial charge in [-0.25, -0.2) is 4.98 Å². The molecule has 0 aliphatic carbocycles. The third-order valence-electron chi connectivity index (χ3n) is 3.05. The van der Waals surface area contributed by atoms with Gasteiger partial charge in [-0.15, -0.1) is 11.3 Å². The molecule has 0 saturated carbocycles. The molecule has 1 aromatic rings. The smallest absolute Gasteiger partial charge is 0.263 e. The molecule has 4 heteroatoms. The molecule has 0 spiro atoms. The number of amides is 1. The molecule has 0 radical (unpaired) electrons. The van der Waals surface area contributed by atoms with Crippen molar-refractivity contribution in [3.63, 3.8) is 0 Å². The van der Waals surface area contributed by atoms with Crippen LogP contribution in [0.25, 0.3) is 0 Å². The predicted molar refractivity (Wildman–Crippen MR) is 72.5 cm³/mol. The van der Waals surface area contributed by atoms with E-state index in [2.05, 4.69) is 24.1 Å². The molecule has 0 aromatic carbocycles. The van der Waals surface area contributed by atoms with Crippen molar-refractivity contribution in [1.82, 2.24) is 10.3 Å². The minimum Gasteiger partial charge on any atom is -0.351 e. The molecule has 96 valence electrons. The summed E-state index contributed by atoms with van der Waals surface area (Å²) in [7, 11) is 0. The first kappa shape index (κ1) is 14.2. The van der Waals surface area contributed by atoms with Crippen LogP contribution in [-0.2, 0) is 0 Å². The normalized spacial score (nSPS) is 12.4. The highest BCUT2D eigenvalue weighted by Gasteiger charge is 2.13. The van der Waals surface area contributed by atoms with Crippen molar-refractivity contribution in [2.45, 2.75) is 46.5 Å². The van der Waals surface area contributed by atoms with E-state index in [0.29, 0.717) is 5.92 Å². The fourth-order valence-electron chi connectivity index (χ4n) is 1.78. The van der Waals surface area contributed by atoms with Crippen LogP contribution in [0.2, 0.25) is 0 Å². The average molecular weight is 254 g/mol. The number of nitrogens with zero attached hydrogens (tertiary/aromatic N) is 1. The summed E-state index contributed by atoms with van der Waals surface area (Å²) in [5.74, 6) is 0.632. The third-order valence-corrected chi connectivity index (χ3v) is 3.97. The van der Waals surface area contributed by atoms with Crippen LogP contribution in [0, 0.1) is 12.8 Å². The Morgan fingerprint density at radius 2 is 2.29 bits per heavy atom. The molecule has 1 N–H and O–H groups in total. The van der Waals surface area contributed by atoms with E-state index in [4.69, 9.17) is 0 Å². The lowest BCUT2D eigenvalue weighted by molar-refractivity contribution is 0.0949. The number of carbonyl (C=O) groups is 1. The molecule has 1 amide bonds. The van der Waals surface area contributed by atoms with Crippen molar-refractivity contribution in [3.8, 4) is 0 Å². The zero-order chi connectivity index (χ0) is 12.7. The number of nitrogens with one attached hydrogen (secondary N) is 1. The molecule has 0 aliphatic rings. The molecule has 0 fully saturated rings. The van der Waals surface area contributed by atoms with E-state index in [1.165, 1.54) is 30.6 Å². The van der Waals surface area contributed by atoms with Crippen LogP contribution >= 0.6 is 11.3 Å². The topological polar surface area (TPSA) is 42.0 Å². The van der Waals surface area contributed by atoms with Gasteiger partial charge in [0.25, 0.3) is 5.91 Å². The Balaban J connectivity index is 2.39. The zero-order valence-corrected chi connectivity index (χ0v) is 11.8. The van der Waals surface area contributed by atoms with Crippen molar-refractivity contribution in [2.24, 2.45) is 5.92 Å². The molecule has 1 aromatic heterocycles. The molecule has 17 heavy (non-hydrogen) atoms. The first-order valence-electron chi connectivity index (χ1n) is 6.37. The van der Waals surface area contributed by atoms with Crippen LogP contribution in [0.3, 0.4) is 0 Å². The lowest BCUT2D eigenvalue weighted by atomic mass is 9.99. The van der Waals surface area contributed by atoms with Gasteiger partial charge in [-0.2, -0.15) is 0 Å². The monoisotopic (exact) mass is 254 g/mol. The van der Waals surface area contributed by atoms with Crippen molar-refractivity contribution < 1.29 is 4.79 Å². The summed E-state index contributed by atoms with van der Waals surface area (Å²) in [6.07, 6.45) is 4.79. The van der Waals surface area contributed by atoms with Crippen molar-refractivity contribution in [1.29, 1.82) is 0 Å². The molecular formula is C13H22N2OS. The van der Waals surface area contributed by atoms with Gasteiger partial charge < -0.3 is 5.32 Å². The van der Waals surface area contributed by atoms with Crippen LogP contribution in [0.5, 0.6) is 0 Å². The second-order valence-electron chi connectivity index (χ2n) is 4.39. The average Bonchev–Trinajstić information content (AvgIpc) is 2.75. The summed E-state index contributed by atoms with van der Waals surface area (Å²) >= 11 is 1.41. The minimum atomic E-state index is 0.0277. The molecule has 3 nitrogen and oxygen atoms in total. The Bertz CT molecular complexity index is 349. The summed E-state index contributed by atoms with van der Waals surface area (Å²) < 4.78 is 0. The van der Waals surface area contributed by atoms with Gasteiger partial charge in [0, 0.05) is 6.54 Å². The summed E-state index contributed by atoms with van der Waals surface area (Å²) in [4.78, 5) is 16.7. The van der Waals surface area contributed by atoms with E-state index in [0.717, 1.165) is 23.5 Å². The zero-order valence-electron chi connectivity index (χ0n) is 11.0. The molecule has 1 atom stereocenters. The number of unbranched alkanes of at least 4 members (excludes halogenated alkanes) is 1. The van der Waals surface area contributed by atoms with Gasteiger partial charge in [-0.3, -0.25) is 4.79 Å². The lowest BCUT2D eigenvalue weighted by Crippen LogP contribution is -2.29. The molecule has 0 aliphatic heterocycles.